The minimum absolute atomic E-state index is 0.0263. The molecule has 0 radical (unpaired) electrons. The van der Waals surface area contributed by atoms with Crippen LogP contribution in [0.1, 0.15) is 11.7 Å². The van der Waals surface area contributed by atoms with Gasteiger partial charge >= 0.3 is 0 Å². The third kappa shape index (κ3) is 3.05. The predicted octanol–water partition coefficient (Wildman–Crippen LogP) is 2.10. The molecule has 2 aromatic rings. The summed E-state index contributed by atoms with van der Waals surface area (Å²) in [4.78, 5) is 3.91. The molecular weight excluding hydrogens is 353 g/mol. The van der Waals surface area contributed by atoms with Gasteiger partial charge in [-0.1, -0.05) is 5.16 Å². The molecule has 108 valence electrons. The predicted molar refractivity (Wildman–Crippen MR) is 71.8 cm³/mol. The molecule has 0 atom stereocenters. The van der Waals surface area contributed by atoms with E-state index in [9.17, 15) is 12.8 Å². The molecule has 0 spiro atoms. The number of halogens is 2. The molecule has 20 heavy (non-hydrogen) atoms. The van der Waals surface area contributed by atoms with E-state index in [1.165, 1.54) is 13.1 Å². The van der Waals surface area contributed by atoms with E-state index < -0.39 is 15.8 Å². The average molecular weight is 364 g/mol. The highest BCUT2D eigenvalue weighted by Crippen LogP contribution is 2.25. The van der Waals surface area contributed by atoms with E-state index in [0.29, 0.717) is 5.89 Å². The van der Waals surface area contributed by atoms with E-state index in [-0.39, 0.29) is 21.7 Å². The van der Waals surface area contributed by atoms with Crippen LogP contribution in [0.25, 0.3) is 0 Å². The molecule has 1 aromatic carbocycles. The number of nitrogens with zero attached hydrogens (tertiary/aromatic N) is 3. The maximum absolute atomic E-state index is 13.0. The summed E-state index contributed by atoms with van der Waals surface area (Å²) >= 11 is 3.05. The van der Waals surface area contributed by atoms with Crippen LogP contribution >= 0.6 is 15.9 Å². The first-order valence-electron chi connectivity index (χ1n) is 5.51. The monoisotopic (exact) mass is 363 g/mol. The van der Waals surface area contributed by atoms with Crippen LogP contribution in [0.4, 0.5) is 4.39 Å². The van der Waals surface area contributed by atoms with Crippen LogP contribution in [0.15, 0.2) is 32.1 Å². The van der Waals surface area contributed by atoms with Crippen molar-refractivity contribution in [3.63, 3.8) is 0 Å². The second-order valence-corrected chi connectivity index (χ2v) is 6.93. The van der Waals surface area contributed by atoms with Gasteiger partial charge in [-0.2, -0.15) is 9.29 Å². The number of sulfonamides is 1. The molecule has 0 unspecified atom stereocenters. The van der Waals surface area contributed by atoms with Crippen LogP contribution in [-0.2, 0) is 16.6 Å². The number of hydrogen-bond donors (Lipinski definition) is 0. The van der Waals surface area contributed by atoms with Crippen LogP contribution in [0, 0.1) is 12.7 Å². The van der Waals surface area contributed by atoms with Gasteiger partial charge in [-0.3, -0.25) is 0 Å². The molecule has 6 nitrogen and oxygen atoms in total. The van der Waals surface area contributed by atoms with E-state index >= 15 is 0 Å². The summed E-state index contributed by atoms with van der Waals surface area (Å²) in [6, 6.07) is 3.38. The lowest BCUT2D eigenvalue weighted by Gasteiger charge is -2.16. The second-order valence-electron chi connectivity index (χ2n) is 4.07. The van der Waals surface area contributed by atoms with Crippen molar-refractivity contribution in [2.75, 3.05) is 7.05 Å². The van der Waals surface area contributed by atoms with Gasteiger partial charge in [0.25, 0.3) is 0 Å². The summed E-state index contributed by atoms with van der Waals surface area (Å²) in [6.07, 6.45) is 0. The van der Waals surface area contributed by atoms with Crippen molar-refractivity contribution in [2.24, 2.45) is 0 Å². The summed E-state index contributed by atoms with van der Waals surface area (Å²) in [5, 5.41) is 3.64. The van der Waals surface area contributed by atoms with Gasteiger partial charge in [0.15, 0.2) is 5.82 Å². The number of aryl methyl sites for hydroxylation is 1. The highest BCUT2D eigenvalue weighted by molar-refractivity contribution is 9.10. The highest BCUT2D eigenvalue weighted by Gasteiger charge is 2.25. The maximum atomic E-state index is 13.0. The fraction of sp³-hybridized carbons (Fsp3) is 0.273. The van der Waals surface area contributed by atoms with Gasteiger partial charge in [0, 0.05) is 18.4 Å². The summed E-state index contributed by atoms with van der Waals surface area (Å²) in [5.41, 5.74) is 0. The third-order valence-electron chi connectivity index (χ3n) is 2.52. The number of hydrogen-bond acceptors (Lipinski definition) is 5. The van der Waals surface area contributed by atoms with E-state index in [1.54, 1.807) is 6.92 Å². The third-order valence-corrected chi connectivity index (χ3v) is 5.30. The fourth-order valence-corrected chi connectivity index (χ4v) is 3.67. The minimum Gasteiger partial charge on any atom is -0.340 e. The molecule has 0 saturated carbocycles. The van der Waals surface area contributed by atoms with Gasteiger partial charge in [0.05, 0.1) is 11.4 Å². The molecule has 0 N–H and O–H groups in total. The first-order chi connectivity index (χ1) is 9.30. The Kier molecular flexibility index (Phi) is 4.21. The molecule has 1 aromatic heterocycles. The quantitative estimate of drug-likeness (QED) is 0.831. The van der Waals surface area contributed by atoms with Gasteiger partial charge in [0.2, 0.25) is 15.9 Å². The Bertz CT molecular complexity index is 732. The van der Waals surface area contributed by atoms with Crippen LogP contribution in [-0.4, -0.2) is 29.9 Å². The lowest BCUT2D eigenvalue weighted by atomic mass is 10.3. The molecule has 0 aliphatic rings. The first kappa shape index (κ1) is 15.1. The Hall–Kier alpha value is -1.32. The standard InChI is InChI=1S/C11H11BrFN3O3S/c1-7-14-11(15-19-7)6-16(2)20(17,18)10-4-3-8(13)5-9(10)12/h3-5H,6H2,1-2H3. The molecule has 0 aliphatic carbocycles. The maximum Gasteiger partial charge on any atom is 0.244 e. The largest absolute Gasteiger partial charge is 0.340 e. The summed E-state index contributed by atoms with van der Waals surface area (Å²) in [6.45, 7) is 1.57. The van der Waals surface area contributed by atoms with Crippen LogP contribution in [0.3, 0.4) is 0 Å². The smallest absolute Gasteiger partial charge is 0.244 e. The van der Waals surface area contributed by atoms with E-state index in [4.69, 9.17) is 4.52 Å². The summed E-state index contributed by atoms with van der Waals surface area (Å²) in [7, 11) is -2.39. The van der Waals surface area contributed by atoms with Gasteiger partial charge in [-0.15, -0.1) is 0 Å². The fourth-order valence-electron chi connectivity index (χ4n) is 1.54. The van der Waals surface area contributed by atoms with Crippen molar-refractivity contribution < 1.29 is 17.3 Å². The normalized spacial score (nSPS) is 12.1. The summed E-state index contributed by atoms with van der Waals surface area (Å²) in [5.74, 6) is 0.0906. The van der Waals surface area contributed by atoms with Crippen molar-refractivity contribution >= 4 is 26.0 Å². The molecule has 1 heterocycles. The average Bonchev–Trinajstić information content (AvgIpc) is 2.74. The van der Waals surface area contributed by atoms with Crippen LogP contribution < -0.4 is 0 Å². The number of rotatable bonds is 4. The molecular formula is C11H11BrFN3O3S. The van der Waals surface area contributed by atoms with Gasteiger partial charge in [-0.25, -0.2) is 12.8 Å². The van der Waals surface area contributed by atoms with Gasteiger partial charge in [0.1, 0.15) is 5.82 Å². The molecule has 0 saturated heterocycles. The lowest BCUT2D eigenvalue weighted by molar-refractivity contribution is 0.377. The number of benzene rings is 1. The Balaban J connectivity index is 2.29. The summed E-state index contributed by atoms with van der Waals surface area (Å²) < 4.78 is 43.7. The Morgan fingerprint density at radius 2 is 2.15 bits per heavy atom. The second kappa shape index (κ2) is 5.58. The molecule has 9 heteroatoms. The van der Waals surface area contributed by atoms with E-state index in [0.717, 1.165) is 16.4 Å². The van der Waals surface area contributed by atoms with Crippen molar-refractivity contribution in [3.05, 3.63) is 40.2 Å². The molecule has 0 amide bonds. The van der Waals surface area contributed by atoms with Gasteiger partial charge in [-0.05, 0) is 34.1 Å². The zero-order chi connectivity index (χ0) is 14.9. The first-order valence-corrected chi connectivity index (χ1v) is 7.74. The topological polar surface area (TPSA) is 76.3 Å². The van der Waals surface area contributed by atoms with Crippen LogP contribution in [0.2, 0.25) is 0 Å². The minimum atomic E-state index is -3.78. The molecule has 0 aliphatic heterocycles. The van der Waals surface area contributed by atoms with Crippen molar-refractivity contribution in [2.45, 2.75) is 18.4 Å². The zero-order valence-corrected chi connectivity index (χ0v) is 13.1. The van der Waals surface area contributed by atoms with E-state index in [2.05, 4.69) is 26.1 Å². The molecule has 0 fully saturated rings. The SMILES string of the molecule is Cc1nc(CN(C)S(=O)(=O)c2ccc(F)cc2Br)no1. The number of aromatic nitrogens is 2. The van der Waals surface area contributed by atoms with Crippen LogP contribution in [0.5, 0.6) is 0 Å². The molecule has 2 rings (SSSR count). The van der Waals surface area contributed by atoms with Gasteiger partial charge < -0.3 is 4.52 Å². The van der Waals surface area contributed by atoms with Crippen molar-refractivity contribution in [1.82, 2.24) is 14.4 Å². The lowest BCUT2D eigenvalue weighted by Crippen LogP contribution is -2.27. The van der Waals surface area contributed by atoms with Crippen molar-refractivity contribution in [3.8, 4) is 0 Å². The highest BCUT2D eigenvalue weighted by atomic mass is 79.9. The Morgan fingerprint density at radius 3 is 2.70 bits per heavy atom. The van der Waals surface area contributed by atoms with Crippen molar-refractivity contribution in [1.29, 1.82) is 0 Å². The Morgan fingerprint density at radius 1 is 1.45 bits per heavy atom. The Labute approximate surface area is 123 Å². The van der Waals surface area contributed by atoms with E-state index in [1.807, 2.05) is 0 Å². The zero-order valence-electron chi connectivity index (χ0n) is 10.7. The molecule has 0 bridgehead atoms.